The van der Waals surface area contributed by atoms with Crippen molar-refractivity contribution in [2.45, 2.75) is 39.2 Å². The molecule has 0 heterocycles. The highest BCUT2D eigenvalue weighted by molar-refractivity contribution is 4.96. The van der Waals surface area contributed by atoms with Gasteiger partial charge in [0, 0.05) is 19.1 Å². The third kappa shape index (κ3) is 2.76. The van der Waals surface area contributed by atoms with Crippen LogP contribution in [0.2, 0.25) is 0 Å². The Balaban J connectivity index is 2.13. The molecular formula is C10H22N2. The van der Waals surface area contributed by atoms with E-state index in [1.54, 1.807) is 0 Å². The molecule has 1 rings (SSSR count). The molecule has 1 aliphatic rings. The van der Waals surface area contributed by atoms with E-state index in [0.29, 0.717) is 11.5 Å². The minimum atomic E-state index is 0.609. The molecule has 1 atom stereocenters. The van der Waals surface area contributed by atoms with Crippen LogP contribution in [0.4, 0.5) is 0 Å². The molecular weight excluding hydrogens is 148 g/mol. The Bertz CT molecular complexity index is 130. The van der Waals surface area contributed by atoms with Crippen LogP contribution >= 0.6 is 0 Å². The van der Waals surface area contributed by atoms with Crippen LogP contribution in [0.3, 0.4) is 0 Å². The van der Waals surface area contributed by atoms with Gasteiger partial charge in [-0.3, -0.25) is 0 Å². The molecule has 1 fully saturated rings. The predicted octanol–water partition coefficient (Wildman–Crippen LogP) is 1.37. The van der Waals surface area contributed by atoms with E-state index in [1.807, 2.05) is 7.05 Å². The fraction of sp³-hybridized carbons (Fsp3) is 1.00. The van der Waals surface area contributed by atoms with Crippen LogP contribution < -0.4 is 10.6 Å². The second-order valence-corrected chi connectivity index (χ2v) is 4.22. The van der Waals surface area contributed by atoms with E-state index < -0.39 is 0 Å². The minimum Gasteiger partial charge on any atom is -0.319 e. The first kappa shape index (κ1) is 10.0. The first-order valence-corrected chi connectivity index (χ1v) is 5.10. The van der Waals surface area contributed by atoms with Gasteiger partial charge in [0.15, 0.2) is 0 Å². The van der Waals surface area contributed by atoms with E-state index in [0.717, 1.165) is 0 Å². The monoisotopic (exact) mass is 170 g/mol. The molecule has 0 radical (unpaired) electrons. The van der Waals surface area contributed by atoms with Crippen LogP contribution in [0.5, 0.6) is 0 Å². The van der Waals surface area contributed by atoms with E-state index in [4.69, 9.17) is 0 Å². The van der Waals surface area contributed by atoms with Crippen LogP contribution in [-0.2, 0) is 0 Å². The molecule has 0 aliphatic heterocycles. The fourth-order valence-electron chi connectivity index (χ4n) is 1.50. The van der Waals surface area contributed by atoms with Crippen molar-refractivity contribution in [3.63, 3.8) is 0 Å². The van der Waals surface area contributed by atoms with Gasteiger partial charge in [0.1, 0.15) is 0 Å². The molecule has 2 nitrogen and oxygen atoms in total. The van der Waals surface area contributed by atoms with Crippen molar-refractivity contribution in [1.82, 2.24) is 10.6 Å². The van der Waals surface area contributed by atoms with Gasteiger partial charge < -0.3 is 10.6 Å². The Morgan fingerprint density at radius 2 is 2.00 bits per heavy atom. The van der Waals surface area contributed by atoms with Crippen molar-refractivity contribution >= 4 is 0 Å². The topological polar surface area (TPSA) is 24.1 Å². The standard InChI is InChI=1S/C10H22N2/c1-4-9(2)12-8-10(5-6-10)7-11-3/h9,11-12H,4-8H2,1-3H3. The third-order valence-corrected chi connectivity index (χ3v) is 2.95. The molecule has 2 N–H and O–H groups in total. The van der Waals surface area contributed by atoms with Gasteiger partial charge in [-0.2, -0.15) is 0 Å². The molecule has 0 aromatic heterocycles. The van der Waals surface area contributed by atoms with E-state index in [9.17, 15) is 0 Å². The fourth-order valence-corrected chi connectivity index (χ4v) is 1.50. The highest BCUT2D eigenvalue weighted by Gasteiger charge is 2.41. The molecule has 0 spiro atoms. The lowest BCUT2D eigenvalue weighted by Crippen LogP contribution is -2.35. The summed E-state index contributed by atoms with van der Waals surface area (Å²) in [6.07, 6.45) is 4.03. The Hall–Kier alpha value is -0.0800. The lowest BCUT2D eigenvalue weighted by molar-refractivity contribution is 0.404. The second-order valence-electron chi connectivity index (χ2n) is 4.22. The van der Waals surface area contributed by atoms with Gasteiger partial charge in [-0.15, -0.1) is 0 Å². The molecule has 72 valence electrons. The summed E-state index contributed by atoms with van der Waals surface area (Å²) in [6, 6.07) is 0.680. The molecule has 0 aromatic carbocycles. The first-order chi connectivity index (χ1) is 5.72. The van der Waals surface area contributed by atoms with E-state index in [-0.39, 0.29) is 0 Å². The molecule has 0 amide bonds. The lowest BCUT2D eigenvalue weighted by Gasteiger charge is -2.18. The SMILES string of the molecule is CCC(C)NCC1(CNC)CC1. The number of hydrogen-bond acceptors (Lipinski definition) is 2. The smallest absolute Gasteiger partial charge is 0.00363 e. The zero-order valence-electron chi connectivity index (χ0n) is 8.61. The summed E-state index contributed by atoms with van der Waals surface area (Å²) < 4.78 is 0. The van der Waals surface area contributed by atoms with Crippen molar-refractivity contribution in [1.29, 1.82) is 0 Å². The maximum Gasteiger partial charge on any atom is 0.00363 e. The molecule has 0 saturated heterocycles. The van der Waals surface area contributed by atoms with Crippen molar-refractivity contribution in [3.8, 4) is 0 Å². The normalized spacial score (nSPS) is 22.2. The Morgan fingerprint density at radius 1 is 1.33 bits per heavy atom. The number of hydrogen-bond donors (Lipinski definition) is 2. The van der Waals surface area contributed by atoms with Crippen molar-refractivity contribution in [2.24, 2.45) is 5.41 Å². The number of nitrogens with one attached hydrogen (secondary N) is 2. The van der Waals surface area contributed by atoms with E-state index in [1.165, 1.54) is 32.4 Å². The summed E-state index contributed by atoms with van der Waals surface area (Å²) >= 11 is 0. The molecule has 1 aliphatic carbocycles. The lowest BCUT2D eigenvalue weighted by atomic mass is 10.1. The summed E-state index contributed by atoms with van der Waals surface area (Å²) in [5.74, 6) is 0. The second kappa shape index (κ2) is 4.24. The average molecular weight is 170 g/mol. The summed E-state index contributed by atoms with van der Waals surface area (Å²) in [6.45, 7) is 6.87. The summed E-state index contributed by atoms with van der Waals surface area (Å²) in [5, 5.41) is 6.85. The molecule has 0 bridgehead atoms. The molecule has 1 saturated carbocycles. The summed E-state index contributed by atoms with van der Waals surface area (Å²) in [4.78, 5) is 0. The quantitative estimate of drug-likeness (QED) is 0.629. The van der Waals surface area contributed by atoms with Gasteiger partial charge in [0.25, 0.3) is 0 Å². The zero-order chi connectivity index (χ0) is 9.03. The number of rotatable bonds is 6. The predicted molar refractivity (Wildman–Crippen MR) is 53.3 cm³/mol. The molecule has 0 aromatic rings. The van der Waals surface area contributed by atoms with Gasteiger partial charge in [0.2, 0.25) is 0 Å². The summed E-state index contributed by atoms with van der Waals surface area (Å²) in [5.41, 5.74) is 0.609. The Kier molecular flexibility index (Phi) is 3.53. The summed E-state index contributed by atoms with van der Waals surface area (Å²) in [7, 11) is 2.04. The Labute approximate surface area is 76.1 Å². The van der Waals surface area contributed by atoms with Crippen LogP contribution in [0.25, 0.3) is 0 Å². The van der Waals surface area contributed by atoms with Gasteiger partial charge in [-0.1, -0.05) is 6.92 Å². The molecule has 2 heteroatoms. The Morgan fingerprint density at radius 3 is 2.42 bits per heavy atom. The van der Waals surface area contributed by atoms with Gasteiger partial charge in [-0.05, 0) is 38.6 Å². The first-order valence-electron chi connectivity index (χ1n) is 5.10. The maximum absolute atomic E-state index is 3.58. The molecule has 12 heavy (non-hydrogen) atoms. The van der Waals surface area contributed by atoms with Crippen molar-refractivity contribution in [2.75, 3.05) is 20.1 Å². The van der Waals surface area contributed by atoms with Crippen LogP contribution in [0, 0.1) is 5.41 Å². The highest BCUT2D eigenvalue weighted by atomic mass is 15.0. The largest absolute Gasteiger partial charge is 0.319 e. The van der Waals surface area contributed by atoms with Crippen LogP contribution in [0.15, 0.2) is 0 Å². The third-order valence-electron chi connectivity index (χ3n) is 2.95. The maximum atomic E-state index is 3.58. The molecule has 1 unspecified atom stereocenters. The average Bonchev–Trinajstić information content (AvgIpc) is 2.82. The minimum absolute atomic E-state index is 0.609. The van der Waals surface area contributed by atoms with Gasteiger partial charge >= 0.3 is 0 Å². The van der Waals surface area contributed by atoms with Crippen molar-refractivity contribution < 1.29 is 0 Å². The van der Waals surface area contributed by atoms with E-state index >= 15 is 0 Å². The zero-order valence-corrected chi connectivity index (χ0v) is 8.61. The van der Waals surface area contributed by atoms with Crippen LogP contribution in [-0.4, -0.2) is 26.2 Å². The van der Waals surface area contributed by atoms with Gasteiger partial charge in [-0.25, -0.2) is 0 Å². The van der Waals surface area contributed by atoms with Gasteiger partial charge in [0.05, 0.1) is 0 Å². The highest BCUT2D eigenvalue weighted by Crippen LogP contribution is 2.44. The van der Waals surface area contributed by atoms with Crippen LogP contribution in [0.1, 0.15) is 33.1 Å². The van der Waals surface area contributed by atoms with E-state index in [2.05, 4.69) is 24.5 Å². The van der Waals surface area contributed by atoms with Crippen molar-refractivity contribution in [3.05, 3.63) is 0 Å².